The van der Waals surface area contributed by atoms with Crippen LogP contribution in [0.1, 0.15) is 24.2 Å². The number of carbonyl (C=O) groups is 1. The number of ether oxygens (including phenoxy) is 1. The Balaban J connectivity index is 1.71. The summed E-state index contributed by atoms with van der Waals surface area (Å²) in [6.45, 7) is 2.68. The van der Waals surface area contributed by atoms with Gasteiger partial charge in [0, 0.05) is 13.5 Å². The van der Waals surface area contributed by atoms with Crippen LogP contribution in [0.5, 0.6) is 5.75 Å². The summed E-state index contributed by atoms with van der Waals surface area (Å²) in [5.74, 6) is 0.244. The highest BCUT2D eigenvalue weighted by Gasteiger charge is 2.05. The van der Waals surface area contributed by atoms with Crippen LogP contribution in [0, 0.1) is 0 Å². The summed E-state index contributed by atoms with van der Waals surface area (Å²) in [7, 11) is 0. The van der Waals surface area contributed by atoms with Gasteiger partial charge in [0.15, 0.2) is 0 Å². The number of esters is 1. The molecule has 0 bridgehead atoms. The second kappa shape index (κ2) is 8.32. The molecule has 4 heteroatoms. The number of benzene rings is 2. The molecule has 0 aliphatic rings. The van der Waals surface area contributed by atoms with Gasteiger partial charge in [0.1, 0.15) is 5.75 Å². The Labute approximate surface area is 130 Å². The topological polar surface area (TPSA) is 58.6 Å². The first-order valence-corrected chi connectivity index (χ1v) is 7.36. The SMILES string of the molecule is CC(=O)Oc1ccc(CCNCC(O)c2ccccc2)cc1. The Morgan fingerprint density at radius 2 is 1.82 bits per heavy atom. The molecule has 0 saturated carbocycles. The fourth-order valence-electron chi connectivity index (χ4n) is 2.15. The summed E-state index contributed by atoms with van der Waals surface area (Å²) >= 11 is 0. The van der Waals surface area contributed by atoms with Gasteiger partial charge in [-0.05, 0) is 36.2 Å². The standard InChI is InChI=1S/C18H21NO3/c1-14(20)22-17-9-7-15(8-10-17)11-12-19-13-18(21)16-5-3-2-4-6-16/h2-10,18-19,21H,11-13H2,1H3. The molecule has 2 aromatic carbocycles. The van der Waals surface area contributed by atoms with Gasteiger partial charge in [0.25, 0.3) is 0 Å². The van der Waals surface area contributed by atoms with Crippen LogP contribution in [-0.2, 0) is 11.2 Å². The van der Waals surface area contributed by atoms with Crippen LogP contribution in [0.4, 0.5) is 0 Å². The molecule has 0 aliphatic carbocycles. The third-order valence-electron chi connectivity index (χ3n) is 3.30. The molecule has 4 nitrogen and oxygen atoms in total. The van der Waals surface area contributed by atoms with E-state index in [1.165, 1.54) is 6.92 Å². The van der Waals surface area contributed by atoms with E-state index in [9.17, 15) is 9.90 Å². The normalized spacial score (nSPS) is 11.9. The molecular weight excluding hydrogens is 278 g/mol. The lowest BCUT2D eigenvalue weighted by Crippen LogP contribution is -2.23. The molecule has 1 atom stereocenters. The Morgan fingerprint density at radius 1 is 1.14 bits per heavy atom. The molecule has 0 saturated heterocycles. The Morgan fingerprint density at radius 3 is 2.45 bits per heavy atom. The van der Waals surface area contributed by atoms with E-state index in [2.05, 4.69) is 5.32 Å². The van der Waals surface area contributed by atoms with Gasteiger partial charge < -0.3 is 15.2 Å². The number of rotatable bonds is 7. The van der Waals surface area contributed by atoms with E-state index in [-0.39, 0.29) is 5.97 Å². The lowest BCUT2D eigenvalue weighted by molar-refractivity contribution is -0.131. The first-order valence-electron chi connectivity index (χ1n) is 7.36. The zero-order valence-electron chi connectivity index (χ0n) is 12.7. The van der Waals surface area contributed by atoms with Gasteiger partial charge in [-0.25, -0.2) is 0 Å². The molecule has 0 fully saturated rings. The number of aliphatic hydroxyl groups is 1. The van der Waals surface area contributed by atoms with E-state index in [0.717, 1.165) is 24.1 Å². The van der Waals surface area contributed by atoms with Gasteiger partial charge in [-0.15, -0.1) is 0 Å². The summed E-state index contributed by atoms with van der Waals surface area (Å²) in [6.07, 6.45) is 0.356. The van der Waals surface area contributed by atoms with Gasteiger partial charge in [0.05, 0.1) is 6.10 Å². The lowest BCUT2D eigenvalue weighted by Gasteiger charge is -2.12. The molecule has 2 aromatic rings. The minimum atomic E-state index is -0.493. The minimum absolute atomic E-state index is 0.315. The Bertz CT molecular complexity index is 581. The summed E-state index contributed by atoms with van der Waals surface area (Å²) < 4.78 is 4.99. The van der Waals surface area contributed by atoms with Crippen molar-refractivity contribution in [2.24, 2.45) is 0 Å². The fraction of sp³-hybridized carbons (Fsp3) is 0.278. The molecule has 22 heavy (non-hydrogen) atoms. The van der Waals surface area contributed by atoms with Crippen LogP contribution in [-0.4, -0.2) is 24.2 Å². The van der Waals surface area contributed by atoms with Crippen molar-refractivity contribution in [2.45, 2.75) is 19.4 Å². The molecule has 0 aliphatic heterocycles. The third kappa shape index (κ3) is 5.31. The van der Waals surface area contributed by atoms with Crippen molar-refractivity contribution in [3.05, 3.63) is 65.7 Å². The highest BCUT2D eigenvalue weighted by Crippen LogP contribution is 2.13. The van der Waals surface area contributed by atoms with Crippen molar-refractivity contribution in [1.29, 1.82) is 0 Å². The molecule has 1 unspecified atom stereocenters. The number of hydrogen-bond acceptors (Lipinski definition) is 4. The minimum Gasteiger partial charge on any atom is -0.427 e. The maximum atomic E-state index is 10.8. The van der Waals surface area contributed by atoms with Gasteiger partial charge in [-0.2, -0.15) is 0 Å². The second-order valence-corrected chi connectivity index (χ2v) is 5.12. The largest absolute Gasteiger partial charge is 0.427 e. The van der Waals surface area contributed by atoms with Crippen LogP contribution in [0.15, 0.2) is 54.6 Å². The van der Waals surface area contributed by atoms with Crippen molar-refractivity contribution in [3.63, 3.8) is 0 Å². The van der Waals surface area contributed by atoms with Gasteiger partial charge in [-0.3, -0.25) is 4.79 Å². The number of aliphatic hydroxyl groups excluding tert-OH is 1. The van der Waals surface area contributed by atoms with Crippen LogP contribution >= 0.6 is 0 Å². The van der Waals surface area contributed by atoms with Crippen LogP contribution < -0.4 is 10.1 Å². The quantitative estimate of drug-likeness (QED) is 0.468. The van der Waals surface area contributed by atoms with E-state index in [0.29, 0.717) is 12.3 Å². The summed E-state index contributed by atoms with van der Waals surface area (Å²) in [5.41, 5.74) is 2.07. The smallest absolute Gasteiger partial charge is 0.308 e. The zero-order valence-corrected chi connectivity index (χ0v) is 12.7. The summed E-state index contributed by atoms with van der Waals surface area (Å²) in [4.78, 5) is 10.8. The van der Waals surface area contributed by atoms with E-state index in [1.54, 1.807) is 12.1 Å². The average Bonchev–Trinajstić information content (AvgIpc) is 2.53. The molecule has 2 rings (SSSR count). The Hall–Kier alpha value is -2.17. The predicted molar refractivity (Wildman–Crippen MR) is 85.7 cm³/mol. The van der Waals surface area contributed by atoms with Crippen molar-refractivity contribution >= 4 is 5.97 Å². The molecule has 0 radical (unpaired) electrons. The average molecular weight is 299 g/mol. The maximum absolute atomic E-state index is 10.8. The highest BCUT2D eigenvalue weighted by atomic mass is 16.5. The number of hydrogen-bond donors (Lipinski definition) is 2. The zero-order chi connectivity index (χ0) is 15.8. The summed E-state index contributed by atoms with van der Waals surface area (Å²) in [6, 6.07) is 17.1. The summed E-state index contributed by atoms with van der Waals surface area (Å²) in [5, 5.41) is 13.3. The predicted octanol–water partition coefficient (Wildman–Crippen LogP) is 2.48. The van der Waals surface area contributed by atoms with Crippen molar-refractivity contribution < 1.29 is 14.6 Å². The third-order valence-corrected chi connectivity index (χ3v) is 3.30. The van der Waals surface area contributed by atoms with Gasteiger partial charge in [-0.1, -0.05) is 42.5 Å². The monoisotopic (exact) mass is 299 g/mol. The highest BCUT2D eigenvalue weighted by molar-refractivity contribution is 5.69. The van der Waals surface area contributed by atoms with Crippen molar-refractivity contribution in [3.8, 4) is 5.75 Å². The Kier molecular flexibility index (Phi) is 6.13. The van der Waals surface area contributed by atoms with Crippen molar-refractivity contribution in [2.75, 3.05) is 13.1 Å². The van der Waals surface area contributed by atoms with Crippen molar-refractivity contribution in [1.82, 2.24) is 5.32 Å². The molecule has 0 spiro atoms. The second-order valence-electron chi connectivity index (χ2n) is 5.12. The molecule has 116 valence electrons. The van der Waals surface area contributed by atoms with Gasteiger partial charge >= 0.3 is 5.97 Å². The number of nitrogens with one attached hydrogen (secondary N) is 1. The molecule has 2 N–H and O–H groups in total. The first-order chi connectivity index (χ1) is 10.6. The van der Waals surface area contributed by atoms with E-state index in [1.807, 2.05) is 42.5 Å². The van der Waals surface area contributed by atoms with E-state index < -0.39 is 6.10 Å². The van der Waals surface area contributed by atoms with Crippen LogP contribution in [0.25, 0.3) is 0 Å². The molecular formula is C18H21NO3. The lowest BCUT2D eigenvalue weighted by atomic mass is 10.1. The fourth-order valence-corrected chi connectivity index (χ4v) is 2.15. The van der Waals surface area contributed by atoms with Crippen LogP contribution in [0.2, 0.25) is 0 Å². The molecule has 0 amide bonds. The number of carbonyl (C=O) groups excluding carboxylic acids is 1. The maximum Gasteiger partial charge on any atom is 0.308 e. The van der Waals surface area contributed by atoms with Crippen LogP contribution in [0.3, 0.4) is 0 Å². The van der Waals surface area contributed by atoms with E-state index in [4.69, 9.17) is 4.74 Å². The molecule has 0 aromatic heterocycles. The molecule has 0 heterocycles. The van der Waals surface area contributed by atoms with E-state index >= 15 is 0 Å². The van der Waals surface area contributed by atoms with Gasteiger partial charge in [0.2, 0.25) is 0 Å². The first kappa shape index (κ1) is 16.2.